The van der Waals surface area contributed by atoms with Gasteiger partial charge in [0.1, 0.15) is 5.54 Å². The SMILES string of the molecule is CO[C@H]1CCCN(C(=O)C2(N3CCCCC3)Cc3ccccc3C2)C1. The molecule has 0 spiro atoms. The van der Waals surface area contributed by atoms with Gasteiger partial charge in [-0.05, 0) is 49.9 Å². The molecule has 2 aliphatic heterocycles. The van der Waals surface area contributed by atoms with Gasteiger partial charge in [0.2, 0.25) is 5.91 Å². The molecule has 0 N–H and O–H groups in total. The van der Waals surface area contributed by atoms with Crippen LogP contribution in [0.5, 0.6) is 0 Å². The van der Waals surface area contributed by atoms with Crippen molar-refractivity contribution >= 4 is 5.91 Å². The Morgan fingerprint density at radius 2 is 1.72 bits per heavy atom. The third kappa shape index (κ3) is 3.11. The molecule has 2 saturated heterocycles. The zero-order valence-corrected chi connectivity index (χ0v) is 15.4. The lowest BCUT2D eigenvalue weighted by Crippen LogP contribution is -2.63. The first-order valence-corrected chi connectivity index (χ1v) is 9.87. The van der Waals surface area contributed by atoms with Crippen LogP contribution in [0.2, 0.25) is 0 Å². The number of hydrogen-bond acceptors (Lipinski definition) is 3. The van der Waals surface area contributed by atoms with Crippen molar-refractivity contribution in [3.63, 3.8) is 0 Å². The van der Waals surface area contributed by atoms with E-state index in [-0.39, 0.29) is 11.6 Å². The predicted octanol–water partition coefficient (Wildman–Crippen LogP) is 2.65. The molecule has 3 aliphatic rings. The van der Waals surface area contributed by atoms with E-state index < -0.39 is 0 Å². The molecule has 0 radical (unpaired) electrons. The summed E-state index contributed by atoms with van der Waals surface area (Å²) in [5, 5.41) is 0. The summed E-state index contributed by atoms with van der Waals surface area (Å²) in [7, 11) is 1.77. The van der Waals surface area contributed by atoms with E-state index in [1.807, 2.05) is 0 Å². The number of hydrogen-bond donors (Lipinski definition) is 0. The number of carbonyl (C=O) groups is 1. The third-order valence-electron chi connectivity index (χ3n) is 6.44. The molecule has 0 unspecified atom stereocenters. The van der Waals surface area contributed by atoms with E-state index in [2.05, 4.69) is 34.1 Å². The summed E-state index contributed by atoms with van der Waals surface area (Å²) in [6.07, 6.45) is 7.78. The van der Waals surface area contributed by atoms with Crippen molar-refractivity contribution in [3.8, 4) is 0 Å². The maximum Gasteiger partial charge on any atom is 0.243 e. The van der Waals surface area contributed by atoms with Gasteiger partial charge >= 0.3 is 0 Å². The fraction of sp³-hybridized carbons (Fsp3) is 0.667. The number of fused-ring (bicyclic) bond motifs is 1. The summed E-state index contributed by atoms with van der Waals surface area (Å²) in [5.41, 5.74) is 2.36. The minimum absolute atomic E-state index is 0.194. The van der Waals surface area contributed by atoms with Crippen molar-refractivity contribution in [2.45, 2.75) is 56.6 Å². The highest BCUT2D eigenvalue weighted by Gasteiger charge is 2.50. The van der Waals surface area contributed by atoms with Crippen LogP contribution in [0.25, 0.3) is 0 Å². The quantitative estimate of drug-likeness (QED) is 0.847. The molecule has 1 aromatic rings. The van der Waals surface area contributed by atoms with Gasteiger partial charge in [0.05, 0.1) is 6.10 Å². The summed E-state index contributed by atoms with van der Waals surface area (Å²) < 4.78 is 5.57. The number of rotatable bonds is 3. The second-order valence-corrected chi connectivity index (χ2v) is 7.95. The molecule has 25 heavy (non-hydrogen) atoms. The van der Waals surface area contributed by atoms with Crippen LogP contribution >= 0.6 is 0 Å². The Kier molecular flexibility index (Phi) is 4.83. The number of likely N-dealkylation sites (tertiary alicyclic amines) is 2. The van der Waals surface area contributed by atoms with Gasteiger partial charge in [-0.2, -0.15) is 0 Å². The first-order chi connectivity index (χ1) is 12.2. The van der Waals surface area contributed by atoms with E-state index in [0.29, 0.717) is 5.91 Å². The molecule has 1 atom stereocenters. The Balaban J connectivity index is 1.63. The zero-order chi connectivity index (χ0) is 17.3. The number of piperidine rings is 2. The van der Waals surface area contributed by atoms with E-state index in [9.17, 15) is 4.79 Å². The molecule has 0 aromatic heterocycles. The van der Waals surface area contributed by atoms with Gasteiger partial charge in [-0.1, -0.05) is 30.7 Å². The Morgan fingerprint density at radius 3 is 2.36 bits per heavy atom. The highest BCUT2D eigenvalue weighted by molar-refractivity contribution is 5.88. The van der Waals surface area contributed by atoms with Gasteiger partial charge < -0.3 is 9.64 Å². The molecule has 1 amide bonds. The minimum atomic E-state index is -0.361. The van der Waals surface area contributed by atoms with Crippen LogP contribution in [0.3, 0.4) is 0 Å². The number of methoxy groups -OCH3 is 1. The van der Waals surface area contributed by atoms with Crippen molar-refractivity contribution in [2.75, 3.05) is 33.3 Å². The summed E-state index contributed by atoms with van der Waals surface area (Å²) in [4.78, 5) is 18.4. The summed E-state index contributed by atoms with van der Waals surface area (Å²) in [5.74, 6) is 0.340. The van der Waals surface area contributed by atoms with E-state index >= 15 is 0 Å². The zero-order valence-electron chi connectivity index (χ0n) is 15.4. The highest BCUT2D eigenvalue weighted by atomic mass is 16.5. The van der Waals surface area contributed by atoms with Crippen LogP contribution < -0.4 is 0 Å². The third-order valence-corrected chi connectivity index (χ3v) is 6.44. The fourth-order valence-corrected chi connectivity index (χ4v) is 5.04. The van der Waals surface area contributed by atoms with Crippen molar-refractivity contribution < 1.29 is 9.53 Å². The average molecular weight is 342 g/mol. The lowest BCUT2D eigenvalue weighted by molar-refractivity contribution is -0.148. The molecule has 1 aromatic carbocycles. The minimum Gasteiger partial charge on any atom is -0.380 e. The number of benzene rings is 1. The van der Waals surface area contributed by atoms with Crippen molar-refractivity contribution in [3.05, 3.63) is 35.4 Å². The highest BCUT2D eigenvalue weighted by Crippen LogP contribution is 2.38. The first kappa shape index (κ1) is 17.0. The van der Waals surface area contributed by atoms with Crippen LogP contribution in [-0.2, 0) is 22.4 Å². The van der Waals surface area contributed by atoms with Gasteiger partial charge in [-0.15, -0.1) is 0 Å². The van der Waals surface area contributed by atoms with E-state index in [1.165, 1.54) is 30.4 Å². The average Bonchev–Trinajstić information content (AvgIpc) is 3.09. The normalized spacial score (nSPS) is 26.4. The molecule has 136 valence electrons. The monoisotopic (exact) mass is 342 g/mol. The van der Waals surface area contributed by atoms with Gasteiger partial charge in [0.25, 0.3) is 0 Å². The molecule has 4 heteroatoms. The van der Waals surface area contributed by atoms with E-state index in [0.717, 1.165) is 51.9 Å². The lowest BCUT2D eigenvalue weighted by atomic mass is 9.88. The second-order valence-electron chi connectivity index (χ2n) is 7.95. The van der Waals surface area contributed by atoms with Gasteiger partial charge in [-0.3, -0.25) is 9.69 Å². The summed E-state index contributed by atoms with van der Waals surface area (Å²) in [6, 6.07) is 8.64. The molecule has 4 rings (SSSR count). The van der Waals surface area contributed by atoms with Crippen LogP contribution in [0, 0.1) is 0 Å². The Hall–Kier alpha value is -1.39. The van der Waals surface area contributed by atoms with Gasteiger partial charge in [0.15, 0.2) is 0 Å². The Morgan fingerprint density at radius 1 is 1.04 bits per heavy atom. The predicted molar refractivity (Wildman–Crippen MR) is 98.6 cm³/mol. The molecule has 0 saturated carbocycles. The summed E-state index contributed by atoms with van der Waals surface area (Å²) in [6.45, 7) is 3.74. The molecule has 0 bridgehead atoms. The maximum atomic E-state index is 13.8. The fourth-order valence-electron chi connectivity index (χ4n) is 5.04. The molecule has 1 aliphatic carbocycles. The number of ether oxygens (including phenoxy) is 1. The second kappa shape index (κ2) is 7.08. The van der Waals surface area contributed by atoms with E-state index in [1.54, 1.807) is 7.11 Å². The Labute approximate surface area is 151 Å². The van der Waals surface area contributed by atoms with Crippen LogP contribution in [0.15, 0.2) is 24.3 Å². The molecule has 2 heterocycles. The lowest BCUT2D eigenvalue weighted by Gasteiger charge is -2.46. The molecule has 2 fully saturated rings. The number of carbonyl (C=O) groups excluding carboxylic acids is 1. The van der Waals surface area contributed by atoms with Crippen LogP contribution in [0.4, 0.5) is 0 Å². The van der Waals surface area contributed by atoms with Crippen molar-refractivity contribution in [1.82, 2.24) is 9.80 Å². The van der Waals surface area contributed by atoms with Crippen LogP contribution in [0.1, 0.15) is 43.2 Å². The van der Waals surface area contributed by atoms with Gasteiger partial charge in [-0.25, -0.2) is 0 Å². The largest absolute Gasteiger partial charge is 0.380 e. The standard InChI is InChI=1S/C21H30N2O2/c1-25-19-10-7-11-22(16-19)20(24)21(23-12-5-2-6-13-23)14-17-8-3-4-9-18(17)15-21/h3-4,8-9,19H,2,5-7,10-16H2,1H3/t19-/m0/s1. The molecular formula is C21H30N2O2. The van der Waals surface area contributed by atoms with Crippen molar-refractivity contribution in [2.24, 2.45) is 0 Å². The summed E-state index contributed by atoms with van der Waals surface area (Å²) >= 11 is 0. The maximum absolute atomic E-state index is 13.8. The smallest absolute Gasteiger partial charge is 0.243 e. The first-order valence-electron chi connectivity index (χ1n) is 9.87. The Bertz CT molecular complexity index is 599. The molecule has 4 nitrogen and oxygen atoms in total. The molecular weight excluding hydrogens is 312 g/mol. The van der Waals surface area contributed by atoms with Gasteiger partial charge in [0, 0.05) is 33.0 Å². The van der Waals surface area contributed by atoms with Crippen molar-refractivity contribution in [1.29, 1.82) is 0 Å². The number of amides is 1. The topological polar surface area (TPSA) is 32.8 Å². The number of nitrogens with zero attached hydrogens (tertiary/aromatic N) is 2. The van der Waals surface area contributed by atoms with Crippen LogP contribution in [-0.4, -0.2) is 60.6 Å². The van der Waals surface area contributed by atoms with E-state index in [4.69, 9.17) is 4.74 Å².